The zero-order valence-corrected chi connectivity index (χ0v) is 10.5. The highest BCUT2D eigenvalue weighted by Crippen LogP contribution is 2.23. The van der Waals surface area contributed by atoms with E-state index in [1.807, 2.05) is 6.07 Å². The number of nitrogen functional groups attached to an aromatic ring is 1. The highest BCUT2D eigenvalue weighted by atomic mass is 15.0. The first kappa shape index (κ1) is 11.6. The van der Waals surface area contributed by atoms with Crippen LogP contribution in [0.4, 0.5) is 5.95 Å². The standard InChI is InChI=1S/C14H17N3/c1-4-11-8-13(17-14(15)16-11)12-7-9(2)5-6-10(12)3/h5-8H,4H2,1-3H3,(H2,15,16,17). The van der Waals surface area contributed by atoms with Crippen LogP contribution in [0.25, 0.3) is 11.3 Å². The molecular formula is C14H17N3. The molecule has 0 aliphatic heterocycles. The molecule has 0 aliphatic carbocycles. The summed E-state index contributed by atoms with van der Waals surface area (Å²) < 4.78 is 0. The van der Waals surface area contributed by atoms with Crippen molar-refractivity contribution in [1.29, 1.82) is 0 Å². The summed E-state index contributed by atoms with van der Waals surface area (Å²) in [5, 5.41) is 0. The van der Waals surface area contributed by atoms with Crippen molar-refractivity contribution in [2.75, 3.05) is 5.73 Å². The molecule has 2 aromatic rings. The van der Waals surface area contributed by atoms with Gasteiger partial charge in [0.1, 0.15) is 0 Å². The van der Waals surface area contributed by atoms with E-state index in [0.717, 1.165) is 23.4 Å². The second kappa shape index (κ2) is 4.53. The van der Waals surface area contributed by atoms with Crippen LogP contribution < -0.4 is 5.73 Å². The van der Waals surface area contributed by atoms with Gasteiger partial charge in [0, 0.05) is 11.3 Å². The van der Waals surface area contributed by atoms with Crippen LogP contribution in [0.3, 0.4) is 0 Å². The van der Waals surface area contributed by atoms with E-state index in [4.69, 9.17) is 5.73 Å². The van der Waals surface area contributed by atoms with Gasteiger partial charge in [-0.3, -0.25) is 0 Å². The van der Waals surface area contributed by atoms with Gasteiger partial charge in [0.25, 0.3) is 0 Å². The molecule has 0 atom stereocenters. The molecule has 88 valence electrons. The fraction of sp³-hybridized carbons (Fsp3) is 0.286. The molecule has 0 amide bonds. The minimum atomic E-state index is 0.347. The molecule has 0 saturated carbocycles. The number of rotatable bonds is 2. The molecule has 2 rings (SSSR count). The Labute approximate surface area is 102 Å². The van der Waals surface area contributed by atoms with Crippen molar-refractivity contribution in [2.45, 2.75) is 27.2 Å². The summed E-state index contributed by atoms with van der Waals surface area (Å²) in [7, 11) is 0. The van der Waals surface area contributed by atoms with Crippen LogP contribution in [-0.4, -0.2) is 9.97 Å². The zero-order valence-electron chi connectivity index (χ0n) is 10.5. The fourth-order valence-corrected chi connectivity index (χ4v) is 1.85. The predicted molar refractivity (Wildman–Crippen MR) is 70.7 cm³/mol. The monoisotopic (exact) mass is 227 g/mol. The number of hydrogen-bond donors (Lipinski definition) is 1. The number of nitrogens with zero attached hydrogens (tertiary/aromatic N) is 2. The van der Waals surface area contributed by atoms with Crippen molar-refractivity contribution in [1.82, 2.24) is 9.97 Å². The van der Waals surface area contributed by atoms with Crippen molar-refractivity contribution in [3.63, 3.8) is 0 Å². The fourth-order valence-electron chi connectivity index (χ4n) is 1.85. The van der Waals surface area contributed by atoms with E-state index < -0.39 is 0 Å². The molecule has 3 heteroatoms. The summed E-state index contributed by atoms with van der Waals surface area (Å²) in [6.45, 7) is 6.22. The average molecular weight is 227 g/mol. The molecule has 0 aliphatic rings. The Balaban J connectivity index is 2.59. The molecule has 0 bridgehead atoms. The molecule has 2 N–H and O–H groups in total. The Morgan fingerprint density at radius 2 is 1.88 bits per heavy atom. The molecule has 0 unspecified atom stereocenters. The van der Waals surface area contributed by atoms with Gasteiger partial charge in [0.2, 0.25) is 5.95 Å². The normalized spacial score (nSPS) is 10.5. The van der Waals surface area contributed by atoms with E-state index in [0.29, 0.717) is 5.95 Å². The Kier molecular flexibility index (Phi) is 3.09. The van der Waals surface area contributed by atoms with Crippen molar-refractivity contribution >= 4 is 5.95 Å². The van der Waals surface area contributed by atoms with Crippen LogP contribution in [-0.2, 0) is 6.42 Å². The van der Waals surface area contributed by atoms with Gasteiger partial charge in [-0.25, -0.2) is 9.97 Å². The largest absolute Gasteiger partial charge is 0.368 e. The van der Waals surface area contributed by atoms with Gasteiger partial charge in [0.05, 0.1) is 5.69 Å². The number of aromatic nitrogens is 2. The van der Waals surface area contributed by atoms with Gasteiger partial charge in [0.15, 0.2) is 0 Å². The average Bonchev–Trinajstić information content (AvgIpc) is 2.31. The van der Waals surface area contributed by atoms with E-state index in [-0.39, 0.29) is 0 Å². The third-order valence-electron chi connectivity index (χ3n) is 2.83. The molecule has 0 fully saturated rings. The summed E-state index contributed by atoms with van der Waals surface area (Å²) in [6.07, 6.45) is 0.866. The van der Waals surface area contributed by atoms with Crippen LogP contribution in [0.15, 0.2) is 24.3 Å². The second-order valence-electron chi connectivity index (χ2n) is 4.27. The first-order chi connectivity index (χ1) is 8.10. The number of hydrogen-bond acceptors (Lipinski definition) is 3. The van der Waals surface area contributed by atoms with Crippen molar-refractivity contribution in [2.24, 2.45) is 0 Å². The van der Waals surface area contributed by atoms with Gasteiger partial charge in [-0.15, -0.1) is 0 Å². The zero-order chi connectivity index (χ0) is 12.4. The molecule has 0 saturated heterocycles. The highest BCUT2D eigenvalue weighted by Gasteiger charge is 2.06. The maximum atomic E-state index is 5.74. The third-order valence-corrected chi connectivity index (χ3v) is 2.83. The minimum Gasteiger partial charge on any atom is -0.368 e. The SMILES string of the molecule is CCc1cc(-c2cc(C)ccc2C)nc(N)n1. The van der Waals surface area contributed by atoms with Crippen LogP contribution >= 0.6 is 0 Å². The minimum absolute atomic E-state index is 0.347. The lowest BCUT2D eigenvalue weighted by atomic mass is 10.0. The van der Waals surface area contributed by atoms with Crippen LogP contribution in [0.5, 0.6) is 0 Å². The van der Waals surface area contributed by atoms with E-state index in [9.17, 15) is 0 Å². The summed E-state index contributed by atoms with van der Waals surface area (Å²) in [6, 6.07) is 8.35. The number of anilines is 1. The molecule has 1 aromatic carbocycles. The van der Waals surface area contributed by atoms with Gasteiger partial charge in [-0.1, -0.05) is 24.6 Å². The van der Waals surface area contributed by atoms with Crippen molar-refractivity contribution in [3.05, 3.63) is 41.1 Å². The summed E-state index contributed by atoms with van der Waals surface area (Å²) in [4.78, 5) is 8.52. The van der Waals surface area contributed by atoms with Gasteiger partial charge in [-0.05, 0) is 38.0 Å². The van der Waals surface area contributed by atoms with Gasteiger partial charge in [-0.2, -0.15) is 0 Å². The molecule has 0 radical (unpaired) electrons. The Morgan fingerprint density at radius 1 is 1.12 bits per heavy atom. The van der Waals surface area contributed by atoms with Gasteiger partial charge < -0.3 is 5.73 Å². The number of nitrogens with two attached hydrogens (primary N) is 1. The van der Waals surface area contributed by atoms with Crippen LogP contribution in [0.2, 0.25) is 0 Å². The van der Waals surface area contributed by atoms with E-state index in [2.05, 4.69) is 48.9 Å². The summed E-state index contributed by atoms with van der Waals surface area (Å²) in [5.74, 6) is 0.347. The Hall–Kier alpha value is -1.90. The lowest BCUT2D eigenvalue weighted by Crippen LogP contribution is -2.01. The first-order valence-electron chi connectivity index (χ1n) is 5.81. The summed E-state index contributed by atoms with van der Waals surface area (Å²) in [5.41, 5.74) is 11.2. The summed E-state index contributed by atoms with van der Waals surface area (Å²) >= 11 is 0. The van der Waals surface area contributed by atoms with Crippen molar-refractivity contribution in [3.8, 4) is 11.3 Å². The van der Waals surface area contributed by atoms with Crippen LogP contribution in [0.1, 0.15) is 23.7 Å². The lowest BCUT2D eigenvalue weighted by molar-refractivity contribution is 1.01. The Morgan fingerprint density at radius 3 is 2.59 bits per heavy atom. The van der Waals surface area contributed by atoms with E-state index in [1.165, 1.54) is 11.1 Å². The van der Waals surface area contributed by atoms with E-state index in [1.54, 1.807) is 0 Å². The molecule has 3 nitrogen and oxygen atoms in total. The number of aryl methyl sites for hydroxylation is 3. The topological polar surface area (TPSA) is 51.8 Å². The predicted octanol–water partition coefficient (Wildman–Crippen LogP) is 2.91. The molecule has 1 aromatic heterocycles. The maximum absolute atomic E-state index is 5.74. The smallest absolute Gasteiger partial charge is 0.220 e. The van der Waals surface area contributed by atoms with E-state index >= 15 is 0 Å². The van der Waals surface area contributed by atoms with Crippen molar-refractivity contribution < 1.29 is 0 Å². The second-order valence-corrected chi connectivity index (χ2v) is 4.27. The molecular weight excluding hydrogens is 210 g/mol. The Bertz CT molecular complexity index is 547. The lowest BCUT2D eigenvalue weighted by Gasteiger charge is -2.08. The third kappa shape index (κ3) is 2.44. The quantitative estimate of drug-likeness (QED) is 0.858. The van der Waals surface area contributed by atoms with Crippen LogP contribution in [0, 0.1) is 13.8 Å². The first-order valence-corrected chi connectivity index (χ1v) is 5.81. The number of benzene rings is 1. The molecule has 1 heterocycles. The maximum Gasteiger partial charge on any atom is 0.220 e. The molecule has 0 spiro atoms. The molecule has 17 heavy (non-hydrogen) atoms. The van der Waals surface area contributed by atoms with Gasteiger partial charge >= 0.3 is 0 Å². The highest BCUT2D eigenvalue weighted by molar-refractivity contribution is 5.65.